The maximum atomic E-state index is 12.3. The maximum Gasteiger partial charge on any atom is 0.271 e. The number of halogens is 1. The molecule has 0 saturated heterocycles. The Morgan fingerprint density at radius 2 is 2.15 bits per heavy atom. The van der Waals surface area contributed by atoms with Gasteiger partial charge in [0.1, 0.15) is 5.25 Å². The van der Waals surface area contributed by atoms with Crippen LogP contribution < -0.4 is 0 Å². The summed E-state index contributed by atoms with van der Waals surface area (Å²) in [6.45, 7) is 1.30. The topological polar surface area (TPSA) is 67.3 Å². The second kappa shape index (κ2) is 3.39. The Bertz CT molecular complexity index is 387. The lowest BCUT2D eigenvalue weighted by Crippen LogP contribution is -2.08. The summed E-state index contributed by atoms with van der Waals surface area (Å²) in [4.78, 5) is 3.27. The Kier molecular flexibility index (Phi) is 2.63. The standard InChI is InChI=1S/C7H8FNO3S/c1-5(13(10,11)12)6-2-3-7(8)9-4-6/h2-5H,1H3,(H,10,11,12). The predicted molar refractivity (Wildman–Crippen MR) is 44.2 cm³/mol. The summed E-state index contributed by atoms with van der Waals surface area (Å²) in [6, 6.07) is 2.30. The predicted octanol–water partition coefficient (Wildman–Crippen LogP) is 1.17. The first-order chi connectivity index (χ1) is 5.91. The molecule has 1 aromatic rings. The first-order valence-corrected chi connectivity index (χ1v) is 4.99. The van der Waals surface area contributed by atoms with Gasteiger partial charge in [0.05, 0.1) is 0 Å². The van der Waals surface area contributed by atoms with Crippen molar-refractivity contribution in [1.82, 2.24) is 4.98 Å². The molecule has 0 fully saturated rings. The van der Waals surface area contributed by atoms with Gasteiger partial charge in [0, 0.05) is 6.20 Å². The first kappa shape index (κ1) is 10.1. The Morgan fingerprint density at radius 3 is 2.54 bits per heavy atom. The van der Waals surface area contributed by atoms with Crippen LogP contribution in [-0.2, 0) is 10.1 Å². The van der Waals surface area contributed by atoms with Gasteiger partial charge in [-0.2, -0.15) is 12.8 Å². The van der Waals surface area contributed by atoms with E-state index < -0.39 is 21.3 Å². The van der Waals surface area contributed by atoms with Crippen molar-refractivity contribution in [3.8, 4) is 0 Å². The summed E-state index contributed by atoms with van der Waals surface area (Å²) in [6.07, 6.45) is 1.08. The van der Waals surface area contributed by atoms with E-state index in [1.165, 1.54) is 13.0 Å². The molecule has 1 atom stereocenters. The van der Waals surface area contributed by atoms with Crippen molar-refractivity contribution in [3.63, 3.8) is 0 Å². The van der Waals surface area contributed by atoms with Crippen LogP contribution in [0.2, 0.25) is 0 Å². The highest BCUT2D eigenvalue weighted by molar-refractivity contribution is 7.86. The molecule has 0 radical (unpaired) electrons. The normalized spacial score (nSPS) is 14.1. The summed E-state index contributed by atoms with van der Waals surface area (Å²) in [7, 11) is -4.13. The average molecular weight is 205 g/mol. The first-order valence-electron chi connectivity index (χ1n) is 3.49. The van der Waals surface area contributed by atoms with Crippen molar-refractivity contribution in [2.45, 2.75) is 12.2 Å². The number of pyridine rings is 1. The van der Waals surface area contributed by atoms with Crippen molar-refractivity contribution < 1.29 is 17.4 Å². The van der Waals surface area contributed by atoms with E-state index in [2.05, 4.69) is 4.98 Å². The molecular formula is C7H8FNO3S. The minimum absolute atomic E-state index is 0.254. The molecule has 1 aromatic heterocycles. The lowest BCUT2D eigenvalue weighted by Gasteiger charge is -2.06. The van der Waals surface area contributed by atoms with Crippen molar-refractivity contribution in [1.29, 1.82) is 0 Å². The number of aromatic nitrogens is 1. The molecule has 4 nitrogen and oxygen atoms in total. The molecule has 13 heavy (non-hydrogen) atoms. The van der Waals surface area contributed by atoms with Gasteiger partial charge in [-0.15, -0.1) is 0 Å². The van der Waals surface area contributed by atoms with Crippen LogP contribution in [0.5, 0.6) is 0 Å². The third-order valence-electron chi connectivity index (χ3n) is 1.67. The van der Waals surface area contributed by atoms with E-state index in [9.17, 15) is 12.8 Å². The van der Waals surface area contributed by atoms with Crippen LogP contribution in [-0.4, -0.2) is 18.0 Å². The third-order valence-corrected chi connectivity index (χ3v) is 2.83. The van der Waals surface area contributed by atoms with Gasteiger partial charge in [-0.1, -0.05) is 6.07 Å². The smallest absolute Gasteiger partial charge is 0.271 e. The maximum absolute atomic E-state index is 12.3. The van der Waals surface area contributed by atoms with E-state index in [0.29, 0.717) is 0 Å². The minimum atomic E-state index is -4.13. The van der Waals surface area contributed by atoms with Gasteiger partial charge < -0.3 is 0 Å². The lowest BCUT2D eigenvalue weighted by atomic mass is 10.2. The highest BCUT2D eigenvalue weighted by Gasteiger charge is 2.19. The van der Waals surface area contributed by atoms with Crippen molar-refractivity contribution in [3.05, 3.63) is 29.8 Å². The zero-order chi connectivity index (χ0) is 10.1. The molecular weight excluding hydrogens is 197 g/mol. The SMILES string of the molecule is CC(c1ccc(F)nc1)S(=O)(=O)O. The largest absolute Gasteiger partial charge is 0.285 e. The van der Waals surface area contributed by atoms with Crippen molar-refractivity contribution in [2.75, 3.05) is 0 Å². The van der Waals surface area contributed by atoms with E-state index >= 15 is 0 Å². The van der Waals surface area contributed by atoms with Crippen LogP contribution >= 0.6 is 0 Å². The molecule has 0 bridgehead atoms. The summed E-state index contributed by atoms with van der Waals surface area (Å²) < 4.78 is 42.3. The molecule has 1 heterocycles. The van der Waals surface area contributed by atoms with Crippen LogP contribution in [0.15, 0.2) is 18.3 Å². The molecule has 0 aliphatic heterocycles. The average Bonchev–Trinajstić information content (AvgIpc) is 2.03. The third kappa shape index (κ3) is 2.46. The quantitative estimate of drug-likeness (QED) is 0.581. The van der Waals surface area contributed by atoms with Gasteiger partial charge in [0.15, 0.2) is 0 Å². The van der Waals surface area contributed by atoms with Gasteiger partial charge in [-0.05, 0) is 18.6 Å². The molecule has 0 saturated carbocycles. The second-order valence-corrected chi connectivity index (χ2v) is 4.31. The fraction of sp³-hybridized carbons (Fsp3) is 0.286. The minimum Gasteiger partial charge on any atom is -0.285 e. The number of hydrogen-bond acceptors (Lipinski definition) is 3. The molecule has 0 amide bonds. The monoisotopic (exact) mass is 205 g/mol. The summed E-state index contributed by atoms with van der Waals surface area (Å²) in [5.41, 5.74) is 0.254. The Hall–Kier alpha value is -1.01. The van der Waals surface area contributed by atoms with Gasteiger partial charge in [-0.3, -0.25) is 4.55 Å². The molecule has 1 unspecified atom stereocenters. The Balaban J connectivity index is 3.04. The molecule has 1 N–H and O–H groups in total. The van der Waals surface area contributed by atoms with E-state index in [-0.39, 0.29) is 5.56 Å². The second-order valence-electron chi connectivity index (χ2n) is 2.57. The molecule has 0 aromatic carbocycles. The van der Waals surface area contributed by atoms with Crippen LogP contribution in [0.25, 0.3) is 0 Å². The molecule has 6 heteroatoms. The number of hydrogen-bond donors (Lipinski definition) is 1. The Labute approximate surface area is 75.2 Å². The van der Waals surface area contributed by atoms with E-state index in [4.69, 9.17) is 4.55 Å². The van der Waals surface area contributed by atoms with Crippen LogP contribution in [0.4, 0.5) is 4.39 Å². The van der Waals surface area contributed by atoms with Crippen LogP contribution in [0.3, 0.4) is 0 Å². The summed E-state index contributed by atoms with van der Waals surface area (Å²) in [5.74, 6) is -0.689. The van der Waals surface area contributed by atoms with Gasteiger partial charge in [0.2, 0.25) is 5.95 Å². The molecule has 72 valence electrons. The van der Waals surface area contributed by atoms with E-state index in [0.717, 1.165) is 12.3 Å². The fourth-order valence-electron chi connectivity index (χ4n) is 0.800. The Morgan fingerprint density at radius 1 is 1.54 bits per heavy atom. The zero-order valence-electron chi connectivity index (χ0n) is 6.81. The van der Waals surface area contributed by atoms with Crippen molar-refractivity contribution >= 4 is 10.1 Å². The van der Waals surface area contributed by atoms with Crippen molar-refractivity contribution in [2.24, 2.45) is 0 Å². The van der Waals surface area contributed by atoms with E-state index in [1.807, 2.05) is 0 Å². The number of nitrogens with zero attached hydrogens (tertiary/aromatic N) is 1. The molecule has 0 spiro atoms. The highest BCUT2D eigenvalue weighted by Crippen LogP contribution is 2.19. The summed E-state index contributed by atoms with van der Waals surface area (Å²) in [5, 5.41) is -1.08. The zero-order valence-corrected chi connectivity index (χ0v) is 7.62. The molecule has 0 aliphatic rings. The summed E-state index contributed by atoms with van der Waals surface area (Å²) >= 11 is 0. The fourth-order valence-corrected chi connectivity index (χ4v) is 1.28. The lowest BCUT2D eigenvalue weighted by molar-refractivity contribution is 0.471. The molecule has 1 rings (SSSR count). The number of rotatable bonds is 2. The van der Waals surface area contributed by atoms with Crippen LogP contribution in [0.1, 0.15) is 17.7 Å². The highest BCUT2D eigenvalue weighted by atomic mass is 32.2. The van der Waals surface area contributed by atoms with Gasteiger partial charge in [-0.25, -0.2) is 4.98 Å². The van der Waals surface area contributed by atoms with Gasteiger partial charge in [0.25, 0.3) is 10.1 Å². The van der Waals surface area contributed by atoms with Crippen LogP contribution in [0, 0.1) is 5.95 Å². The van der Waals surface area contributed by atoms with E-state index in [1.54, 1.807) is 0 Å². The van der Waals surface area contributed by atoms with Gasteiger partial charge >= 0.3 is 0 Å². The molecule has 0 aliphatic carbocycles.